The Morgan fingerprint density at radius 2 is 2.15 bits per heavy atom. The summed E-state index contributed by atoms with van der Waals surface area (Å²) in [5, 5.41) is 8.59. The quantitative estimate of drug-likeness (QED) is 0.672. The molecule has 1 saturated carbocycles. The van der Waals surface area contributed by atoms with Gasteiger partial charge >= 0.3 is 11.9 Å². The highest BCUT2D eigenvalue weighted by atomic mass is 16.5. The second-order valence-corrected chi connectivity index (χ2v) is 3.44. The van der Waals surface area contributed by atoms with E-state index in [0.717, 1.165) is 19.3 Å². The summed E-state index contributed by atoms with van der Waals surface area (Å²) in [7, 11) is 0. The zero-order valence-corrected chi connectivity index (χ0v) is 7.66. The van der Waals surface area contributed by atoms with Crippen LogP contribution in [0.25, 0.3) is 0 Å². The molecule has 13 heavy (non-hydrogen) atoms. The molecule has 0 aromatic rings. The van der Waals surface area contributed by atoms with Gasteiger partial charge in [-0.1, -0.05) is 0 Å². The lowest BCUT2D eigenvalue weighted by Crippen LogP contribution is -2.22. The number of hydrogen-bond donors (Lipinski definition) is 1. The summed E-state index contributed by atoms with van der Waals surface area (Å²) in [6, 6.07) is 0. The van der Waals surface area contributed by atoms with Crippen LogP contribution in [0.1, 0.15) is 32.6 Å². The van der Waals surface area contributed by atoms with E-state index in [1.54, 1.807) is 0 Å². The highest BCUT2D eigenvalue weighted by Gasteiger charge is 2.31. The van der Waals surface area contributed by atoms with E-state index in [-0.39, 0.29) is 24.4 Å². The fourth-order valence-corrected chi connectivity index (χ4v) is 1.83. The molecule has 74 valence electrons. The first-order valence-corrected chi connectivity index (χ1v) is 4.48. The molecule has 0 saturated heterocycles. The Kier molecular flexibility index (Phi) is 3.28. The zero-order valence-electron chi connectivity index (χ0n) is 7.66. The first-order valence-electron chi connectivity index (χ1n) is 4.48. The van der Waals surface area contributed by atoms with E-state index in [2.05, 4.69) is 0 Å². The highest BCUT2D eigenvalue weighted by molar-refractivity contribution is 5.68. The molecule has 0 aromatic carbocycles. The van der Waals surface area contributed by atoms with Crippen molar-refractivity contribution in [2.75, 3.05) is 0 Å². The van der Waals surface area contributed by atoms with E-state index < -0.39 is 5.97 Å². The third-order valence-corrected chi connectivity index (χ3v) is 2.34. The summed E-state index contributed by atoms with van der Waals surface area (Å²) in [6.45, 7) is 1.36. The minimum Gasteiger partial charge on any atom is -0.481 e. The van der Waals surface area contributed by atoms with Gasteiger partial charge in [-0.15, -0.1) is 0 Å². The van der Waals surface area contributed by atoms with E-state index in [4.69, 9.17) is 9.84 Å². The molecule has 0 aromatic heterocycles. The SMILES string of the molecule is CC(=O)OC1CCCC1CC(=O)O. The fourth-order valence-electron chi connectivity index (χ4n) is 1.83. The molecule has 1 aliphatic carbocycles. The van der Waals surface area contributed by atoms with Crippen molar-refractivity contribution in [3.63, 3.8) is 0 Å². The minimum atomic E-state index is -0.816. The second-order valence-electron chi connectivity index (χ2n) is 3.44. The van der Waals surface area contributed by atoms with E-state index in [9.17, 15) is 9.59 Å². The number of carbonyl (C=O) groups excluding carboxylic acids is 1. The Morgan fingerprint density at radius 3 is 2.69 bits per heavy atom. The maximum absolute atomic E-state index is 10.7. The van der Waals surface area contributed by atoms with Gasteiger partial charge in [0, 0.05) is 12.8 Å². The summed E-state index contributed by atoms with van der Waals surface area (Å²) < 4.78 is 5.02. The predicted molar refractivity (Wildman–Crippen MR) is 45.1 cm³/mol. The fraction of sp³-hybridized carbons (Fsp3) is 0.778. The van der Waals surface area contributed by atoms with Crippen molar-refractivity contribution in [1.29, 1.82) is 0 Å². The van der Waals surface area contributed by atoms with Crippen molar-refractivity contribution >= 4 is 11.9 Å². The van der Waals surface area contributed by atoms with Crippen LogP contribution in [0.3, 0.4) is 0 Å². The lowest BCUT2D eigenvalue weighted by atomic mass is 10.0. The second kappa shape index (κ2) is 4.25. The molecule has 0 aliphatic heterocycles. The number of rotatable bonds is 3. The van der Waals surface area contributed by atoms with Gasteiger partial charge in [0.1, 0.15) is 6.10 Å². The van der Waals surface area contributed by atoms with Crippen molar-refractivity contribution in [2.24, 2.45) is 5.92 Å². The summed E-state index contributed by atoms with van der Waals surface area (Å²) in [6.07, 6.45) is 2.55. The Hall–Kier alpha value is -1.06. The van der Waals surface area contributed by atoms with Crippen molar-refractivity contribution in [2.45, 2.75) is 38.7 Å². The molecule has 1 N–H and O–H groups in total. The van der Waals surface area contributed by atoms with Crippen molar-refractivity contribution in [3.05, 3.63) is 0 Å². The van der Waals surface area contributed by atoms with Crippen LogP contribution < -0.4 is 0 Å². The monoisotopic (exact) mass is 186 g/mol. The predicted octanol–water partition coefficient (Wildman–Crippen LogP) is 1.19. The van der Waals surface area contributed by atoms with Gasteiger partial charge in [0.15, 0.2) is 0 Å². The molecular formula is C9H14O4. The van der Waals surface area contributed by atoms with Gasteiger partial charge in [0.05, 0.1) is 6.42 Å². The summed E-state index contributed by atoms with van der Waals surface area (Å²) in [5.74, 6) is -1.12. The Labute approximate surface area is 76.9 Å². The number of ether oxygens (including phenoxy) is 1. The number of carboxylic acids is 1. The molecule has 2 unspecified atom stereocenters. The molecule has 0 bridgehead atoms. The average Bonchev–Trinajstić information content (AvgIpc) is 2.34. The van der Waals surface area contributed by atoms with Gasteiger partial charge in [0.2, 0.25) is 0 Å². The largest absolute Gasteiger partial charge is 0.481 e. The standard InChI is InChI=1S/C9H14O4/c1-6(10)13-8-4-2-3-7(8)5-9(11)12/h7-8H,2-5H2,1H3,(H,11,12). The molecule has 0 amide bonds. The van der Waals surface area contributed by atoms with E-state index in [1.165, 1.54) is 6.92 Å². The molecule has 2 atom stereocenters. The van der Waals surface area contributed by atoms with Crippen LogP contribution in [0.2, 0.25) is 0 Å². The van der Waals surface area contributed by atoms with Gasteiger partial charge in [0.25, 0.3) is 0 Å². The Bertz CT molecular complexity index is 190. The van der Waals surface area contributed by atoms with Crippen LogP contribution in [0.4, 0.5) is 0 Å². The Balaban J connectivity index is 2.43. The number of esters is 1. The number of carboxylic acid groups (broad SMARTS) is 1. The third-order valence-electron chi connectivity index (χ3n) is 2.34. The zero-order chi connectivity index (χ0) is 9.84. The van der Waals surface area contributed by atoms with Crippen LogP contribution in [0.15, 0.2) is 0 Å². The van der Waals surface area contributed by atoms with E-state index in [1.807, 2.05) is 0 Å². The van der Waals surface area contributed by atoms with Gasteiger partial charge in [-0.25, -0.2) is 0 Å². The van der Waals surface area contributed by atoms with Gasteiger partial charge in [-0.05, 0) is 19.3 Å². The minimum absolute atomic E-state index is 0.0152. The topological polar surface area (TPSA) is 63.6 Å². The van der Waals surface area contributed by atoms with Crippen LogP contribution in [-0.4, -0.2) is 23.1 Å². The number of hydrogen-bond acceptors (Lipinski definition) is 3. The molecule has 4 nitrogen and oxygen atoms in total. The molecular weight excluding hydrogens is 172 g/mol. The summed E-state index contributed by atoms with van der Waals surface area (Å²) >= 11 is 0. The molecule has 0 spiro atoms. The molecule has 0 radical (unpaired) electrons. The van der Waals surface area contributed by atoms with Crippen molar-refractivity contribution < 1.29 is 19.4 Å². The third kappa shape index (κ3) is 3.05. The first kappa shape index (κ1) is 10.0. The normalized spacial score (nSPS) is 27.2. The smallest absolute Gasteiger partial charge is 0.303 e. The maximum atomic E-state index is 10.7. The van der Waals surface area contributed by atoms with Gasteiger partial charge < -0.3 is 9.84 Å². The molecule has 0 heterocycles. The summed E-state index contributed by atoms with van der Waals surface area (Å²) in [5.41, 5.74) is 0. The van der Waals surface area contributed by atoms with Crippen LogP contribution in [0, 0.1) is 5.92 Å². The molecule has 4 heteroatoms. The van der Waals surface area contributed by atoms with Gasteiger partial charge in [-0.2, -0.15) is 0 Å². The van der Waals surface area contributed by atoms with Crippen molar-refractivity contribution in [1.82, 2.24) is 0 Å². The van der Waals surface area contributed by atoms with Crippen LogP contribution >= 0.6 is 0 Å². The highest BCUT2D eigenvalue weighted by Crippen LogP contribution is 2.30. The molecule has 1 rings (SSSR count). The number of aliphatic carboxylic acids is 1. The molecule has 1 fully saturated rings. The lowest BCUT2D eigenvalue weighted by molar-refractivity contribution is -0.150. The van der Waals surface area contributed by atoms with E-state index in [0.29, 0.717) is 0 Å². The maximum Gasteiger partial charge on any atom is 0.303 e. The Morgan fingerprint density at radius 1 is 1.46 bits per heavy atom. The number of carbonyl (C=O) groups is 2. The summed E-state index contributed by atoms with van der Waals surface area (Å²) in [4.78, 5) is 21.1. The van der Waals surface area contributed by atoms with Crippen LogP contribution in [-0.2, 0) is 14.3 Å². The van der Waals surface area contributed by atoms with Gasteiger partial charge in [-0.3, -0.25) is 9.59 Å². The van der Waals surface area contributed by atoms with Crippen molar-refractivity contribution in [3.8, 4) is 0 Å². The van der Waals surface area contributed by atoms with Crippen LogP contribution in [0.5, 0.6) is 0 Å². The average molecular weight is 186 g/mol. The van der Waals surface area contributed by atoms with E-state index >= 15 is 0 Å². The molecule has 1 aliphatic rings. The lowest BCUT2D eigenvalue weighted by Gasteiger charge is -2.17. The first-order chi connectivity index (χ1) is 6.09.